The Morgan fingerprint density at radius 1 is 1.64 bits per heavy atom. The molecule has 0 unspecified atom stereocenters. The Kier molecular flexibility index (Phi) is 4.86. The number of halogens is 1. The minimum absolute atomic E-state index is 0.335. The lowest BCUT2D eigenvalue weighted by Gasteiger charge is -1.95. The van der Waals surface area contributed by atoms with Gasteiger partial charge in [0.2, 0.25) is 0 Å². The van der Waals surface area contributed by atoms with Crippen LogP contribution in [0.2, 0.25) is 0 Å². The molecule has 0 bridgehead atoms. The molecule has 2 nitrogen and oxygen atoms in total. The summed E-state index contributed by atoms with van der Waals surface area (Å²) in [5.74, 6) is -0.882. The van der Waals surface area contributed by atoms with Gasteiger partial charge in [-0.25, -0.2) is 4.79 Å². The van der Waals surface area contributed by atoms with Crippen molar-refractivity contribution in [2.24, 2.45) is 0 Å². The van der Waals surface area contributed by atoms with Crippen LogP contribution in [-0.4, -0.2) is 16.4 Å². The van der Waals surface area contributed by atoms with Crippen molar-refractivity contribution >= 4 is 21.9 Å². The smallest absolute Gasteiger partial charge is 0.335 e. The van der Waals surface area contributed by atoms with E-state index < -0.39 is 5.97 Å². The third kappa shape index (κ3) is 3.98. The summed E-state index contributed by atoms with van der Waals surface area (Å²) in [5, 5.41) is 9.30. The molecule has 0 aliphatic rings. The molecule has 0 amide bonds. The molecule has 0 saturated carbocycles. The van der Waals surface area contributed by atoms with Crippen molar-refractivity contribution in [3.8, 4) is 0 Å². The highest BCUT2D eigenvalue weighted by molar-refractivity contribution is 9.09. The van der Waals surface area contributed by atoms with Crippen LogP contribution in [0.3, 0.4) is 0 Å². The van der Waals surface area contributed by atoms with Crippen LogP contribution >= 0.6 is 15.9 Å². The zero-order valence-electron chi connectivity index (χ0n) is 6.60. The second-order valence-corrected chi connectivity index (χ2v) is 2.73. The molecular formula is C8H11BrO2. The zero-order valence-corrected chi connectivity index (χ0v) is 8.18. The van der Waals surface area contributed by atoms with E-state index in [1.54, 1.807) is 19.1 Å². The molecule has 0 aromatic carbocycles. The lowest BCUT2D eigenvalue weighted by atomic mass is 10.2. The van der Waals surface area contributed by atoms with Crippen LogP contribution in [0.5, 0.6) is 0 Å². The van der Waals surface area contributed by atoms with Gasteiger partial charge in [0.05, 0.1) is 5.57 Å². The largest absolute Gasteiger partial charge is 0.478 e. The number of aliphatic carboxylic acids is 1. The Balaban J connectivity index is 4.45. The fourth-order valence-corrected chi connectivity index (χ4v) is 0.734. The number of hydrogen-bond donors (Lipinski definition) is 1. The van der Waals surface area contributed by atoms with Gasteiger partial charge in [0.15, 0.2) is 0 Å². The van der Waals surface area contributed by atoms with E-state index in [9.17, 15) is 4.79 Å². The first-order valence-corrected chi connectivity index (χ1v) is 4.36. The van der Waals surface area contributed by atoms with Gasteiger partial charge in [0.1, 0.15) is 0 Å². The minimum atomic E-state index is -0.882. The van der Waals surface area contributed by atoms with E-state index in [0.29, 0.717) is 10.9 Å². The van der Waals surface area contributed by atoms with Gasteiger partial charge in [-0.1, -0.05) is 27.6 Å². The predicted octanol–water partition coefficient (Wildman–Crippen LogP) is 2.36. The average molecular weight is 219 g/mol. The summed E-state index contributed by atoms with van der Waals surface area (Å²) in [7, 11) is 0. The fraction of sp³-hybridized carbons (Fsp3) is 0.375. The van der Waals surface area contributed by atoms with Gasteiger partial charge in [0, 0.05) is 5.33 Å². The first-order valence-electron chi connectivity index (χ1n) is 3.24. The normalized spacial score (nSPS) is 13.4. The van der Waals surface area contributed by atoms with Gasteiger partial charge < -0.3 is 5.11 Å². The average Bonchev–Trinajstić information content (AvgIpc) is 1.99. The summed E-state index contributed by atoms with van der Waals surface area (Å²) in [5.41, 5.74) is 1.34. The molecule has 0 aromatic rings. The summed E-state index contributed by atoms with van der Waals surface area (Å²) >= 11 is 3.23. The summed E-state index contributed by atoms with van der Waals surface area (Å²) in [6.45, 7) is 3.59. The highest BCUT2D eigenvalue weighted by atomic mass is 79.9. The number of carbonyl (C=O) groups is 1. The van der Waals surface area contributed by atoms with Crippen LogP contribution in [0, 0.1) is 0 Å². The standard InChI is InChI=1S/C8H11BrO2/c1-3-7(8(10)11)4-6(2)5-9/h3-4H,5H2,1-2H3,(H,10,11). The Labute approximate surface area is 74.7 Å². The lowest BCUT2D eigenvalue weighted by Crippen LogP contribution is -1.97. The van der Waals surface area contributed by atoms with Gasteiger partial charge >= 0.3 is 5.97 Å². The monoisotopic (exact) mass is 218 g/mol. The van der Waals surface area contributed by atoms with E-state index in [0.717, 1.165) is 5.57 Å². The molecule has 0 spiro atoms. The van der Waals surface area contributed by atoms with Crippen molar-refractivity contribution in [2.75, 3.05) is 5.33 Å². The molecule has 0 radical (unpaired) electrons. The first kappa shape index (κ1) is 10.4. The molecule has 3 heteroatoms. The molecule has 0 rings (SSSR count). The van der Waals surface area contributed by atoms with Crippen LogP contribution in [0.25, 0.3) is 0 Å². The number of hydrogen-bond acceptors (Lipinski definition) is 1. The minimum Gasteiger partial charge on any atom is -0.478 e. The zero-order chi connectivity index (χ0) is 8.85. The SMILES string of the molecule is CC=C(C=C(C)CBr)C(=O)O. The molecule has 0 aliphatic heterocycles. The van der Waals surface area contributed by atoms with Crippen molar-refractivity contribution in [2.45, 2.75) is 13.8 Å². The summed E-state index contributed by atoms with van der Waals surface area (Å²) in [6.07, 6.45) is 3.23. The van der Waals surface area contributed by atoms with Crippen molar-refractivity contribution in [3.63, 3.8) is 0 Å². The second-order valence-electron chi connectivity index (χ2n) is 2.17. The third-order valence-corrected chi connectivity index (χ3v) is 2.06. The number of rotatable bonds is 3. The van der Waals surface area contributed by atoms with Crippen molar-refractivity contribution < 1.29 is 9.90 Å². The quantitative estimate of drug-likeness (QED) is 0.449. The maximum atomic E-state index is 10.5. The number of allylic oxidation sites excluding steroid dienone is 2. The van der Waals surface area contributed by atoms with E-state index in [2.05, 4.69) is 15.9 Å². The van der Waals surface area contributed by atoms with Crippen LogP contribution in [0.15, 0.2) is 23.3 Å². The molecule has 62 valence electrons. The molecule has 0 aliphatic carbocycles. The summed E-state index contributed by atoms with van der Waals surface area (Å²) in [6, 6.07) is 0. The molecule has 0 heterocycles. The topological polar surface area (TPSA) is 37.3 Å². The maximum absolute atomic E-state index is 10.5. The van der Waals surface area contributed by atoms with E-state index in [4.69, 9.17) is 5.11 Å². The van der Waals surface area contributed by atoms with Crippen LogP contribution in [-0.2, 0) is 4.79 Å². The molecule has 11 heavy (non-hydrogen) atoms. The predicted molar refractivity (Wildman–Crippen MR) is 48.9 cm³/mol. The van der Waals surface area contributed by atoms with Crippen molar-refractivity contribution in [1.29, 1.82) is 0 Å². The molecule has 0 aromatic heterocycles. The van der Waals surface area contributed by atoms with E-state index >= 15 is 0 Å². The van der Waals surface area contributed by atoms with E-state index in [1.165, 1.54) is 0 Å². The third-order valence-electron chi connectivity index (χ3n) is 1.17. The second kappa shape index (κ2) is 5.13. The van der Waals surface area contributed by atoms with Crippen LogP contribution in [0.4, 0.5) is 0 Å². The number of carboxylic acids is 1. The highest BCUT2D eigenvalue weighted by Crippen LogP contribution is 2.04. The number of alkyl halides is 1. The van der Waals surface area contributed by atoms with Crippen LogP contribution in [0.1, 0.15) is 13.8 Å². The van der Waals surface area contributed by atoms with E-state index in [-0.39, 0.29) is 0 Å². The Hall–Kier alpha value is -0.570. The summed E-state index contributed by atoms with van der Waals surface area (Å²) < 4.78 is 0. The molecule has 0 saturated heterocycles. The molecular weight excluding hydrogens is 208 g/mol. The molecule has 0 atom stereocenters. The van der Waals surface area contributed by atoms with Gasteiger partial charge in [-0.15, -0.1) is 0 Å². The van der Waals surface area contributed by atoms with E-state index in [1.807, 2.05) is 6.92 Å². The molecule has 1 N–H and O–H groups in total. The van der Waals surface area contributed by atoms with Crippen molar-refractivity contribution in [3.05, 3.63) is 23.3 Å². The Morgan fingerprint density at radius 3 is 2.45 bits per heavy atom. The summed E-state index contributed by atoms with van der Waals surface area (Å²) in [4.78, 5) is 10.5. The van der Waals surface area contributed by atoms with Crippen molar-refractivity contribution in [1.82, 2.24) is 0 Å². The van der Waals surface area contributed by atoms with Gasteiger partial charge in [0.25, 0.3) is 0 Å². The lowest BCUT2D eigenvalue weighted by molar-refractivity contribution is -0.132. The fourth-order valence-electron chi connectivity index (χ4n) is 0.573. The first-order chi connectivity index (χ1) is 5.11. The molecule has 0 fully saturated rings. The van der Waals surface area contributed by atoms with Gasteiger partial charge in [-0.2, -0.15) is 0 Å². The maximum Gasteiger partial charge on any atom is 0.335 e. The Morgan fingerprint density at radius 2 is 2.18 bits per heavy atom. The van der Waals surface area contributed by atoms with Gasteiger partial charge in [-0.3, -0.25) is 0 Å². The Bertz CT molecular complexity index is 204. The highest BCUT2D eigenvalue weighted by Gasteiger charge is 2.01. The van der Waals surface area contributed by atoms with Gasteiger partial charge in [-0.05, 0) is 19.9 Å². The van der Waals surface area contributed by atoms with Crippen LogP contribution < -0.4 is 0 Å². The number of carboxylic acid groups (broad SMARTS) is 1.